The Hall–Kier alpha value is -1.84. The van der Waals surface area contributed by atoms with Gasteiger partial charge >= 0.3 is 0 Å². The number of ether oxygens (including phenoxy) is 2. The van der Waals surface area contributed by atoms with Crippen molar-refractivity contribution in [1.29, 1.82) is 0 Å². The lowest BCUT2D eigenvalue weighted by atomic mass is 10.0. The highest BCUT2D eigenvalue weighted by Gasteiger charge is 2.32. The van der Waals surface area contributed by atoms with Crippen molar-refractivity contribution in [2.75, 3.05) is 52.1 Å². The smallest absolute Gasteiger partial charge is 0.257 e. The summed E-state index contributed by atoms with van der Waals surface area (Å²) in [6, 6.07) is 5.74. The Kier molecular flexibility index (Phi) is 6.16. The van der Waals surface area contributed by atoms with Gasteiger partial charge in [0.2, 0.25) is 10.0 Å². The first kappa shape index (κ1) is 20.9. The Bertz CT molecular complexity index is 817. The van der Waals surface area contributed by atoms with Gasteiger partial charge in [-0.15, -0.1) is 0 Å². The molecule has 2 aliphatic rings. The number of piperazine rings is 1. The predicted molar refractivity (Wildman–Crippen MR) is 106 cm³/mol. The molecule has 0 unspecified atom stereocenters. The second-order valence-corrected chi connectivity index (χ2v) is 9.91. The molecular formula is C19H29N3O5S. The van der Waals surface area contributed by atoms with Crippen LogP contribution in [0.5, 0.6) is 11.5 Å². The summed E-state index contributed by atoms with van der Waals surface area (Å²) in [4.78, 5) is 14.2. The van der Waals surface area contributed by atoms with E-state index in [0.29, 0.717) is 45.0 Å². The van der Waals surface area contributed by atoms with Crippen LogP contribution >= 0.6 is 0 Å². The third-order valence-electron chi connectivity index (χ3n) is 4.96. The molecule has 28 heavy (non-hydrogen) atoms. The van der Waals surface area contributed by atoms with Crippen molar-refractivity contribution < 1.29 is 22.7 Å². The second-order valence-electron chi connectivity index (χ2n) is 7.93. The van der Waals surface area contributed by atoms with Crippen molar-refractivity contribution in [3.63, 3.8) is 0 Å². The monoisotopic (exact) mass is 411 g/mol. The van der Waals surface area contributed by atoms with Crippen LogP contribution in [-0.4, -0.2) is 81.3 Å². The van der Waals surface area contributed by atoms with Gasteiger partial charge in [0.15, 0.2) is 18.1 Å². The zero-order chi connectivity index (χ0) is 20.4. The number of sulfonamides is 1. The summed E-state index contributed by atoms with van der Waals surface area (Å²) in [7, 11) is -3.12. The molecule has 0 saturated carbocycles. The molecule has 2 aliphatic heterocycles. The maximum Gasteiger partial charge on any atom is 0.257 e. The summed E-state index contributed by atoms with van der Waals surface area (Å²) >= 11 is 0. The van der Waals surface area contributed by atoms with Gasteiger partial charge in [-0.1, -0.05) is 12.1 Å². The molecule has 0 aliphatic carbocycles. The Labute approximate surface area is 166 Å². The Morgan fingerprint density at radius 3 is 2.64 bits per heavy atom. The quantitative estimate of drug-likeness (QED) is 0.702. The van der Waals surface area contributed by atoms with Crippen LogP contribution in [0.15, 0.2) is 18.2 Å². The Morgan fingerprint density at radius 2 is 1.96 bits per heavy atom. The van der Waals surface area contributed by atoms with Crippen molar-refractivity contribution in [2.24, 2.45) is 0 Å². The molecule has 8 nitrogen and oxygen atoms in total. The third kappa shape index (κ3) is 5.36. The fourth-order valence-corrected chi connectivity index (χ4v) is 4.36. The van der Waals surface area contributed by atoms with Crippen LogP contribution in [0.1, 0.15) is 19.4 Å². The van der Waals surface area contributed by atoms with E-state index in [1.165, 1.54) is 10.6 Å². The highest BCUT2D eigenvalue weighted by Crippen LogP contribution is 2.41. The van der Waals surface area contributed by atoms with E-state index in [4.69, 9.17) is 9.47 Å². The number of fused-ring (bicyclic) bond motifs is 1. The number of amides is 1. The van der Waals surface area contributed by atoms with Crippen molar-refractivity contribution in [2.45, 2.75) is 25.9 Å². The molecule has 0 spiro atoms. The van der Waals surface area contributed by atoms with Crippen LogP contribution in [0.2, 0.25) is 0 Å². The minimum atomic E-state index is -3.12. The average Bonchev–Trinajstić information content (AvgIpc) is 2.94. The number of hydrogen-bond acceptors (Lipinski definition) is 6. The maximum absolute atomic E-state index is 12.1. The number of nitrogens with one attached hydrogen (secondary N) is 1. The van der Waals surface area contributed by atoms with E-state index >= 15 is 0 Å². The van der Waals surface area contributed by atoms with Crippen molar-refractivity contribution in [3.05, 3.63) is 23.8 Å². The van der Waals surface area contributed by atoms with Gasteiger partial charge in [0.25, 0.3) is 5.91 Å². The van der Waals surface area contributed by atoms with Gasteiger partial charge in [-0.05, 0) is 19.9 Å². The van der Waals surface area contributed by atoms with Crippen molar-refractivity contribution in [3.8, 4) is 11.5 Å². The number of carbonyl (C=O) groups excluding carboxylic acids is 1. The van der Waals surface area contributed by atoms with Gasteiger partial charge in [-0.3, -0.25) is 9.69 Å². The molecular weight excluding hydrogens is 382 g/mol. The first-order chi connectivity index (χ1) is 13.1. The molecule has 3 rings (SSSR count). The van der Waals surface area contributed by atoms with E-state index in [1.54, 1.807) is 0 Å². The van der Waals surface area contributed by atoms with Crippen LogP contribution in [0, 0.1) is 0 Å². The molecule has 0 bridgehead atoms. The molecule has 0 radical (unpaired) electrons. The zero-order valence-electron chi connectivity index (χ0n) is 16.7. The molecule has 1 fully saturated rings. The maximum atomic E-state index is 12.1. The van der Waals surface area contributed by atoms with E-state index in [0.717, 1.165) is 17.7 Å². The summed E-state index contributed by atoms with van der Waals surface area (Å²) in [5.74, 6) is 1.13. The molecule has 9 heteroatoms. The van der Waals surface area contributed by atoms with Crippen LogP contribution in [0.3, 0.4) is 0 Å². The minimum absolute atomic E-state index is 0.0674. The van der Waals surface area contributed by atoms with Crippen LogP contribution in [0.4, 0.5) is 0 Å². The van der Waals surface area contributed by atoms with Gasteiger partial charge in [0.05, 0.1) is 6.26 Å². The second kappa shape index (κ2) is 8.26. The molecule has 0 aromatic heterocycles. The normalized spacial score (nSPS) is 19.7. The number of hydrogen-bond donors (Lipinski definition) is 1. The first-order valence-electron chi connectivity index (χ1n) is 9.52. The van der Waals surface area contributed by atoms with Crippen LogP contribution in [0.25, 0.3) is 0 Å². The summed E-state index contributed by atoms with van der Waals surface area (Å²) in [5.41, 5.74) is 0.835. The number of nitrogens with zero attached hydrogens (tertiary/aromatic N) is 2. The predicted octanol–water partition coefficient (Wildman–Crippen LogP) is 0.472. The van der Waals surface area contributed by atoms with E-state index in [-0.39, 0.29) is 18.1 Å². The van der Waals surface area contributed by atoms with E-state index < -0.39 is 10.0 Å². The molecule has 1 saturated heterocycles. The number of carbonyl (C=O) groups is 1. The number of benzene rings is 1. The van der Waals surface area contributed by atoms with Gasteiger partial charge in [0, 0.05) is 51.3 Å². The minimum Gasteiger partial charge on any atom is -0.483 e. The average molecular weight is 412 g/mol. The van der Waals surface area contributed by atoms with Gasteiger partial charge < -0.3 is 14.8 Å². The largest absolute Gasteiger partial charge is 0.483 e. The fourth-order valence-electron chi connectivity index (χ4n) is 3.53. The first-order valence-corrected chi connectivity index (χ1v) is 11.4. The van der Waals surface area contributed by atoms with Gasteiger partial charge in [-0.25, -0.2) is 8.42 Å². The molecule has 1 N–H and O–H groups in total. The summed E-state index contributed by atoms with van der Waals surface area (Å²) < 4.78 is 36.1. The van der Waals surface area contributed by atoms with E-state index in [2.05, 4.69) is 10.2 Å². The van der Waals surface area contributed by atoms with Gasteiger partial charge in [-0.2, -0.15) is 4.31 Å². The summed E-state index contributed by atoms with van der Waals surface area (Å²) in [6.07, 6.45) is 2.05. The fraction of sp³-hybridized carbons (Fsp3) is 0.632. The Balaban J connectivity index is 1.38. The summed E-state index contributed by atoms with van der Waals surface area (Å²) in [5, 5.41) is 2.85. The highest BCUT2D eigenvalue weighted by atomic mass is 32.2. The summed E-state index contributed by atoms with van der Waals surface area (Å²) in [6.45, 7) is 7.49. The van der Waals surface area contributed by atoms with Gasteiger partial charge in [0.1, 0.15) is 5.60 Å². The lowest BCUT2D eigenvalue weighted by Gasteiger charge is -2.33. The molecule has 156 valence electrons. The molecule has 1 aromatic rings. The van der Waals surface area contributed by atoms with Crippen LogP contribution in [-0.2, 0) is 21.2 Å². The van der Waals surface area contributed by atoms with Crippen LogP contribution < -0.4 is 14.8 Å². The SMILES string of the molecule is CC1(C)Cc2cccc(OCC(=O)NCCN3CCN(S(C)(=O)=O)CC3)c2O1. The van der Waals surface area contributed by atoms with E-state index in [1.807, 2.05) is 32.0 Å². The molecule has 0 atom stereocenters. The standard InChI is InChI=1S/C19H29N3O5S/c1-19(2)13-15-5-4-6-16(18(15)27-19)26-14-17(23)20-7-8-21-9-11-22(12-10-21)28(3,24)25/h4-6H,7-14H2,1-3H3,(H,20,23). The topological polar surface area (TPSA) is 88.2 Å². The van der Waals surface area contributed by atoms with E-state index in [9.17, 15) is 13.2 Å². The molecule has 2 heterocycles. The lowest BCUT2D eigenvalue weighted by Crippen LogP contribution is -2.50. The Morgan fingerprint density at radius 1 is 1.25 bits per heavy atom. The van der Waals surface area contributed by atoms with Crippen molar-refractivity contribution >= 4 is 15.9 Å². The number of rotatable bonds is 7. The zero-order valence-corrected chi connectivity index (χ0v) is 17.5. The molecule has 1 amide bonds. The highest BCUT2D eigenvalue weighted by molar-refractivity contribution is 7.88. The van der Waals surface area contributed by atoms with Crippen molar-refractivity contribution in [1.82, 2.24) is 14.5 Å². The molecule has 1 aromatic carbocycles. The number of para-hydroxylation sites is 1. The third-order valence-corrected chi connectivity index (χ3v) is 6.27. The lowest BCUT2D eigenvalue weighted by molar-refractivity contribution is -0.123.